The van der Waals surface area contributed by atoms with Gasteiger partial charge in [-0.1, -0.05) is 42.5 Å². The number of aliphatic imine (C=N–C) groups is 2. The number of benzene rings is 2. The minimum Gasteiger partial charge on any atom is -0.456 e. The fourth-order valence-corrected chi connectivity index (χ4v) is 2.99. The molecule has 0 fully saturated rings. The Morgan fingerprint density at radius 2 is 1.19 bits per heavy atom. The molecule has 4 N–H and O–H groups in total. The molecule has 0 bridgehead atoms. The van der Waals surface area contributed by atoms with Crippen molar-refractivity contribution < 1.29 is 4.42 Å². The summed E-state index contributed by atoms with van der Waals surface area (Å²) in [5.74, 6) is 2.65. The van der Waals surface area contributed by atoms with Gasteiger partial charge in [-0.15, -0.1) is 24.8 Å². The van der Waals surface area contributed by atoms with Gasteiger partial charge in [0.1, 0.15) is 23.2 Å². The molecule has 0 saturated carbocycles. The molecule has 0 spiro atoms. The average Bonchev–Trinajstić information content (AvgIpc) is 3.17. The molecule has 3 aromatic rings. The Morgan fingerprint density at radius 3 is 1.74 bits per heavy atom. The van der Waals surface area contributed by atoms with E-state index in [4.69, 9.17) is 15.9 Å². The molecule has 1 aromatic heterocycles. The van der Waals surface area contributed by atoms with E-state index in [-0.39, 0.29) is 36.9 Å². The van der Waals surface area contributed by atoms with Gasteiger partial charge >= 0.3 is 0 Å². The van der Waals surface area contributed by atoms with E-state index in [1.807, 2.05) is 88.4 Å². The maximum atomic E-state index is 6.11. The summed E-state index contributed by atoms with van der Waals surface area (Å²) in [5, 5.41) is 0. The number of hydrogen-bond donors (Lipinski definition) is 2. The van der Waals surface area contributed by atoms with Crippen LogP contribution in [0.15, 0.2) is 75.1 Å². The zero-order valence-electron chi connectivity index (χ0n) is 18.2. The van der Waals surface area contributed by atoms with E-state index in [0.717, 1.165) is 33.8 Å². The number of nitrogens with two attached hydrogens (primary N) is 2. The molecule has 0 radical (unpaired) electrons. The highest BCUT2D eigenvalue weighted by Gasteiger charge is 2.09. The standard InChI is InChI=1S/C24H28N4O.2ClH/c1-15(2)27-23(25)18-10-8-17(9-11-18)21-12-13-22(29-21)19-6-5-7-20(14-19)24(26)28-16(3)4;;/h5-16H,1-4H3,(H2,25,27)(H2,26,28);2*1H. The molecule has 0 unspecified atom stereocenters. The molecule has 0 amide bonds. The molecule has 0 aliphatic heterocycles. The van der Waals surface area contributed by atoms with Crippen molar-refractivity contribution in [1.29, 1.82) is 0 Å². The monoisotopic (exact) mass is 460 g/mol. The molecule has 1 heterocycles. The molecule has 0 saturated heterocycles. The third-order valence-electron chi connectivity index (χ3n) is 4.31. The van der Waals surface area contributed by atoms with Gasteiger partial charge < -0.3 is 15.9 Å². The van der Waals surface area contributed by atoms with Gasteiger partial charge in [-0.05, 0) is 45.9 Å². The fraction of sp³-hybridized carbons (Fsp3) is 0.250. The van der Waals surface area contributed by atoms with Crippen LogP contribution in [0.1, 0.15) is 38.8 Å². The summed E-state index contributed by atoms with van der Waals surface area (Å²) >= 11 is 0. The van der Waals surface area contributed by atoms with Crippen LogP contribution in [-0.4, -0.2) is 23.8 Å². The zero-order chi connectivity index (χ0) is 21.0. The van der Waals surface area contributed by atoms with Gasteiger partial charge in [0, 0.05) is 34.3 Å². The Hall–Kier alpha value is -2.76. The lowest BCUT2D eigenvalue weighted by Gasteiger charge is -2.06. The molecule has 0 aliphatic carbocycles. The lowest BCUT2D eigenvalue weighted by molar-refractivity contribution is 0.597. The number of halogens is 2. The summed E-state index contributed by atoms with van der Waals surface area (Å²) in [5.41, 5.74) is 15.9. The van der Waals surface area contributed by atoms with E-state index in [1.54, 1.807) is 0 Å². The van der Waals surface area contributed by atoms with E-state index < -0.39 is 0 Å². The first kappa shape index (κ1) is 26.3. The Labute approximate surface area is 196 Å². The van der Waals surface area contributed by atoms with Crippen molar-refractivity contribution in [3.8, 4) is 22.6 Å². The van der Waals surface area contributed by atoms with Crippen LogP contribution in [0.3, 0.4) is 0 Å². The number of rotatable bonds is 6. The lowest BCUT2D eigenvalue weighted by atomic mass is 10.1. The van der Waals surface area contributed by atoms with Gasteiger partial charge in [-0.25, -0.2) is 0 Å². The second-order valence-electron chi connectivity index (χ2n) is 7.54. The van der Waals surface area contributed by atoms with Crippen molar-refractivity contribution in [2.75, 3.05) is 0 Å². The van der Waals surface area contributed by atoms with Gasteiger partial charge in [0.15, 0.2) is 0 Å². The van der Waals surface area contributed by atoms with E-state index in [1.165, 1.54) is 0 Å². The Bertz CT molecular complexity index is 1040. The van der Waals surface area contributed by atoms with Crippen molar-refractivity contribution in [3.05, 3.63) is 71.8 Å². The summed E-state index contributed by atoms with van der Waals surface area (Å²) < 4.78 is 6.09. The molecular weight excluding hydrogens is 431 g/mol. The highest BCUT2D eigenvalue weighted by atomic mass is 35.5. The van der Waals surface area contributed by atoms with Crippen molar-refractivity contribution in [2.45, 2.75) is 39.8 Å². The largest absolute Gasteiger partial charge is 0.456 e. The van der Waals surface area contributed by atoms with Gasteiger partial charge in [0.2, 0.25) is 0 Å². The van der Waals surface area contributed by atoms with Crippen LogP contribution in [-0.2, 0) is 0 Å². The molecule has 31 heavy (non-hydrogen) atoms. The van der Waals surface area contributed by atoms with Gasteiger partial charge in [0.25, 0.3) is 0 Å². The third-order valence-corrected chi connectivity index (χ3v) is 4.31. The molecule has 7 heteroatoms. The predicted molar refractivity (Wildman–Crippen MR) is 136 cm³/mol. The average molecular weight is 461 g/mol. The second kappa shape index (κ2) is 11.6. The van der Waals surface area contributed by atoms with Crippen LogP contribution in [0.5, 0.6) is 0 Å². The highest BCUT2D eigenvalue weighted by Crippen LogP contribution is 2.29. The van der Waals surface area contributed by atoms with Gasteiger partial charge in [0.05, 0.1) is 0 Å². The number of nitrogens with zero attached hydrogens (tertiary/aromatic N) is 2. The van der Waals surface area contributed by atoms with E-state index in [9.17, 15) is 0 Å². The van der Waals surface area contributed by atoms with Crippen molar-refractivity contribution in [1.82, 2.24) is 0 Å². The van der Waals surface area contributed by atoms with Crippen molar-refractivity contribution in [2.24, 2.45) is 21.5 Å². The molecule has 5 nitrogen and oxygen atoms in total. The van der Waals surface area contributed by atoms with Crippen molar-refractivity contribution >= 4 is 36.5 Å². The maximum Gasteiger partial charge on any atom is 0.134 e. The van der Waals surface area contributed by atoms with Crippen LogP contribution in [0.4, 0.5) is 0 Å². The first-order valence-corrected chi connectivity index (χ1v) is 9.81. The predicted octanol–water partition coefficient (Wildman–Crippen LogP) is 5.68. The van der Waals surface area contributed by atoms with E-state index in [2.05, 4.69) is 9.98 Å². The summed E-state index contributed by atoms with van der Waals surface area (Å²) in [7, 11) is 0. The smallest absolute Gasteiger partial charge is 0.134 e. The van der Waals surface area contributed by atoms with Gasteiger partial charge in [-0.3, -0.25) is 9.98 Å². The first-order valence-electron chi connectivity index (χ1n) is 9.81. The number of furan rings is 1. The summed E-state index contributed by atoms with van der Waals surface area (Å²) in [6, 6.07) is 20.1. The Morgan fingerprint density at radius 1 is 0.677 bits per heavy atom. The summed E-state index contributed by atoms with van der Waals surface area (Å²) in [6.07, 6.45) is 0. The molecule has 2 aromatic carbocycles. The SMILES string of the molecule is CC(C)N=C(N)c1ccc(-c2ccc(-c3cccc(C(N)=NC(C)C)c3)o2)cc1.Cl.Cl. The molecule has 166 valence electrons. The van der Waals surface area contributed by atoms with Crippen LogP contribution in [0.2, 0.25) is 0 Å². The molecule has 0 aliphatic rings. The minimum atomic E-state index is 0. The van der Waals surface area contributed by atoms with Crippen LogP contribution in [0, 0.1) is 0 Å². The van der Waals surface area contributed by atoms with Crippen LogP contribution < -0.4 is 11.5 Å². The van der Waals surface area contributed by atoms with E-state index in [0.29, 0.717) is 11.7 Å². The van der Waals surface area contributed by atoms with Gasteiger partial charge in [-0.2, -0.15) is 0 Å². The minimum absolute atomic E-state index is 0. The second-order valence-corrected chi connectivity index (χ2v) is 7.54. The van der Waals surface area contributed by atoms with Crippen LogP contribution in [0.25, 0.3) is 22.6 Å². The topological polar surface area (TPSA) is 89.9 Å². The van der Waals surface area contributed by atoms with Crippen LogP contribution >= 0.6 is 24.8 Å². The zero-order valence-corrected chi connectivity index (χ0v) is 19.8. The third kappa shape index (κ3) is 6.88. The van der Waals surface area contributed by atoms with Crippen molar-refractivity contribution in [3.63, 3.8) is 0 Å². The normalized spacial score (nSPS) is 11.9. The molecular formula is C24H30Cl2N4O. The maximum absolute atomic E-state index is 6.11. The fourth-order valence-electron chi connectivity index (χ4n) is 2.99. The number of hydrogen-bond acceptors (Lipinski definition) is 3. The Kier molecular flexibility index (Phi) is 9.82. The first-order chi connectivity index (χ1) is 13.8. The summed E-state index contributed by atoms with van der Waals surface area (Å²) in [4.78, 5) is 8.80. The Balaban J connectivity index is 0.00000240. The number of amidine groups is 2. The van der Waals surface area contributed by atoms with E-state index >= 15 is 0 Å². The summed E-state index contributed by atoms with van der Waals surface area (Å²) in [6.45, 7) is 8.01. The lowest BCUT2D eigenvalue weighted by Crippen LogP contribution is -2.15. The molecule has 3 rings (SSSR count). The molecule has 0 atom stereocenters. The quantitative estimate of drug-likeness (QED) is 0.365. The highest BCUT2D eigenvalue weighted by molar-refractivity contribution is 5.99.